The number of carbonyl (C=O) groups is 2. The molecule has 0 radical (unpaired) electrons. The van der Waals surface area contributed by atoms with Crippen LogP contribution in [0.25, 0.3) is 0 Å². The number of likely N-dealkylation sites (tertiary alicyclic amines) is 1. The molecule has 0 aromatic carbocycles. The standard InChI is InChI=1S/C22H30N4O5S2/c27-21(23-15-18-8-6-14-31-18)17-7-5-11-25(16-17)22(28)24-19-9-10-20(32-19)33(29,30)26-12-3-1-2-4-13-26/h6,8-10,14,17H,1-5,7,11-13,15-16H2,(H,23,27)(H,24,28)/t17-/m1/s1. The van der Waals surface area contributed by atoms with Crippen LogP contribution in [0.4, 0.5) is 9.80 Å². The summed E-state index contributed by atoms with van der Waals surface area (Å²) in [6, 6.07) is 6.43. The highest BCUT2D eigenvalue weighted by Gasteiger charge is 2.30. The fourth-order valence-electron chi connectivity index (χ4n) is 4.23. The minimum absolute atomic E-state index is 0.106. The van der Waals surface area contributed by atoms with Gasteiger partial charge in [0.1, 0.15) is 9.97 Å². The second-order valence-electron chi connectivity index (χ2n) is 8.45. The Bertz CT molecular complexity index is 1040. The van der Waals surface area contributed by atoms with Crippen LogP contribution < -0.4 is 10.6 Å². The SMILES string of the molecule is O=C(NCc1ccco1)[C@@H]1CCCN(C(=O)Nc2ccc(S(=O)(=O)N3CCCCCC3)s2)C1. The Morgan fingerprint density at radius 3 is 2.58 bits per heavy atom. The van der Waals surface area contributed by atoms with Crippen molar-refractivity contribution >= 4 is 38.3 Å². The fourth-order valence-corrected chi connectivity index (χ4v) is 7.09. The van der Waals surface area contributed by atoms with Crippen LogP contribution in [0.5, 0.6) is 0 Å². The highest BCUT2D eigenvalue weighted by molar-refractivity contribution is 7.91. The van der Waals surface area contributed by atoms with Gasteiger partial charge in [-0.05, 0) is 49.9 Å². The maximum atomic E-state index is 13.0. The normalized spacial score (nSPS) is 20.2. The van der Waals surface area contributed by atoms with E-state index in [0.717, 1.165) is 43.4 Å². The van der Waals surface area contributed by atoms with E-state index in [1.54, 1.807) is 39.7 Å². The summed E-state index contributed by atoms with van der Waals surface area (Å²) in [4.78, 5) is 26.9. The molecule has 0 unspecified atom stereocenters. The molecule has 2 fully saturated rings. The molecule has 1 atom stereocenters. The number of carbonyl (C=O) groups excluding carboxylic acids is 2. The minimum Gasteiger partial charge on any atom is -0.467 e. The molecule has 4 heterocycles. The van der Waals surface area contributed by atoms with Gasteiger partial charge in [0.15, 0.2) is 0 Å². The lowest BCUT2D eigenvalue weighted by Crippen LogP contribution is -2.46. The van der Waals surface area contributed by atoms with Gasteiger partial charge in [-0.1, -0.05) is 12.8 Å². The molecule has 2 aliphatic rings. The molecule has 33 heavy (non-hydrogen) atoms. The zero-order valence-electron chi connectivity index (χ0n) is 18.5. The topological polar surface area (TPSA) is 112 Å². The van der Waals surface area contributed by atoms with Gasteiger partial charge in [-0.15, -0.1) is 11.3 Å². The first kappa shape index (κ1) is 23.8. The summed E-state index contributed by atoms with van der Waals surface area (Å²) in [5, 5.41) is 6.15. The number of furan rings is 1. The lowest BCUT2D eigenvalue weighted by molar-refractivity contribution is -0.126. The van der Waals surface area contributed by atoms with E-state index in [1.165, 1.54) is 0 Å². The number of hydrogen-bond donors (Lipinski definition) is 2. The molecule has 2 N–H and O–H groups in total. The summed E-state index contributed by atoms with van der Waals surface area (Å²) in [5.41, 5.74) is 0. The molecule has 0 saturated carbocycles. The first-order valence-electron chi connectivity index (χ1n) is 11.4. The Morgan fingerprint density at radius 2 is 1.85 bits per heavy atom. The van der Waals surface area contributed by atoms with Crippen LogP contribution in [-0.4, -0.2) is 55.7 Å². The average molecular weight is 495 g/mol. The smallest absolute Gasteiger partial charge is 0.322 e. The van der Waals surface area contributed by atoms with Crippen LogP contribution in [0.15, 0.2) is 39.2 Å². The van der Waals surface area contributed by atoms with E-state index in [4.69, 9.17) is 4.42 Å². The Morgan fingerprint density at radius 1 is 1.06 bits per heavy atom. The Hall–Kier alpha value is -2.37. The highest BCUT2D eigenvalue weighted by atomic mass is 32.2. The molecule has 2 aliphatic heterocycles. The van der Waals surface area contributed by atoms with E-state index < -0.39 is 10.0 Å². The molecule has 11 heteroatoms. The van der Waals surface area contributed by atoms with Crippen LogP contribution in [0.3, 0.4) is 0 Å². The van der Waals surface area contributed by atoms with Gasteiger partial charge in [0, 0.05) is 26.2 Å². The van der Waals surface area contributed by atoms with Gasteiger partial charge in [0.05, 0.1) is 23.7 Å². The first-order chi connectivity index (χ1) is 15.9. The lowest BCUT2D eigenvalue weighted by Gasteiger charge is -2.31. The van der Waals surface area contributed by atoms with Gasteiger partial charge in [-0.3, -0.25) is 10.1 Å². The average Bonchev–Trinajstić information content (AvgIpc) is 3.43. The number of nitrogens with one attached hydrogen (secondary N) is 2. The number of amides is 3. The summed E-state index contributed by atoms with van der Waals surface area (Å²) in [5.74, 6) is 0.282. The number of nitrogens with zero attached hydrogens (tertiary/aromatic N) is 2. The number of hydrogen-bond acceptors (Lipinski definition) is 6. The van der Waals surface area contributed by atoms with E-state index in [9.17, 15) is 18.0 Å². The van der Waals surface area contributed by atoms with Crippen LogP contribution in [-0.2, 0) is 21.4 Å². The summed E-state index contributed by atoms with van der Waals surface area (Å²) in [6.45, 7) is 2.27. The molecule has 0 spiro atoms. The number of rotatable bonds is 6. The van der Waals surface area contributed by atoms with Crippen molar-refractivity contribution < 1.29 is 22.4 Å². The summed E-state index contributed by atoms with van der Waals surface area (Å²) < 4.78 is 33.0. The Kier molecular flexibility index (Phi) is 7.71. The van der Waals surface area contributed by atoms with E-state index in [1.807, 2.05) is 0 Å². The maximum Gasteiger partial charge on any atom is 0.322 e. The van der Waals surface area contributed by atoms with Gasteiger partial charge in [-0.2, -0.15) is 4.31 Å². The molecular formula is C22H30N4O5S2. The molecule has 9 nitrogen and oxygen atoms in total. The minimum atomic E-state index is -3.54. The predicted octanol–water partition coefficient (Wildman–Crippen LogP) is 3.47. The quantitative estimate of drug-likeness (QED) is 0.639. The lowest BCUT2D eigenvalue weighted by atomic mass is 9.97. The summed E-state index contributed by atoms with van der Waals surface area (Å²) in [7, 11) is -3.54. The second-order valence-corrected chi connectivity index (χ2v) is 11.7. The van der Waals surface area contributed by atoms with Crippen molar-refractivity contribution in [3.05, 3.63) is 36.3 Å². The van der Waals surface area contributed by atoms with E-state index in [0.29, 0.717) is 49.9 Å². The second kappa shape index (κ2) is 10.7. The largest absolute Gasteiger partial charge is 0.467 e. The number of anilines is 1. The predicted molar refractivity (Wildman–Crippen MR) is 125 cm³/mol. The summed E-state index contributed by atoms with van der Waals surface area (Å²) >= 11 is 1.07. The van der Waals surface area contributed by atoms with Gasteiger partial charge < -0.3 is 14.6 Å². The van der Waals surface area contributed by atoms with Gasteiger partial charge in [0.2, 0.25) is 5.91 Å². The zero-order chi connectivity index (χ0) is 23.3. The van der Waals surface area contributed by atoms with Crippen LogP contribution in [0, 0.1) is 5.92 Å². The van der Waals surface area contributed by atoms with Crippen molar-refractivity contribution in [2.24, 2.45) is 5.92 Å². The van der Waals surface area contributed by atoms with Crippen molar-refractivity contribution in [1.82, 2.24) is 14.5 Å². The number of urea groups is 1. The van der Waals surface area contributed by atoms with Gasteiger partial charge >= 0.3 is 6.03 Å². The summed E-state index contributed by atoms with van der Waals surface area (Å²) in [6.07, 6.45) is 6.85. The van der Waals surface area contributed by atoms with E-state index in [-0.39, 0.29) is 22.1 Å². The molecule has 4 rings (SSSR count). The van der Waals surface area contributed by atoms with Crippen molar-refractivity contribution in [3.63, 3.8) is 0 Å². The van der Waals surface area contributed by atoms with Gasteiger partial charge in [0.25, 0.3) is 10.0 Å². The number of thiophene rings is 1. The first-order valence-corrected chi connectivity index (χ1v) is 13.6. The zero-order valence-corrected chi connectivity index (χ0v) is 20.1. The molecule has 2 aromatic rings. The van der Waals surface area contributed by atoms with Crippen molar-refractivity contribution in [2.45, 2.75) is 49.3 Å². The third-order valence-corrected chi connectivity index (χ3v) is 9.43. The number of sulfonamides is 1. The third kappa shape index (κ3) is 5.96. The van der Waals surface area contributed by atoms with Gasteiger partial charge in [-0.25, -0.2) is 13.2 Å². The van der Waals surface area contributed by atoms with Crippen molar-refractivity contribution in [3.8, 4) is 0 Å². The molecule has 3 amide bonds. The van der Waals surface area contributed by atoms with Crippen molar-refractivity contribution in [2.75, 3.05) is 31.5 Å². The molecule has 180 valence electrons. The Labute approximate surface area is 198 Å². The molecule has 0 aliphatic carbocycles. The van der Waals surface area contributed by atoms with Crippen LogP contribution in [0.1, 0.15) is 44.3 Å². The Balaban J connectivity index is 1.32. The van der Waals surface area contributed by atoms with Crippen LogP contribution in [0.2, 0.25) is 0 Å². The third-order valence-electron chi connectivity index (χ3n) is 6.07. The fraction of sp³-hybridized carbons (Fsp3) is 0.545. The molecule has 0 bridgehead atoms. The highest BCUT2D eigenvalue weighted by Crippen LogP contribution is 2.30. The number of piperidine rings is 1. The molecular weight excluding hydrogens is 464 g/mol. The maximum absolute atomic E-state index is 13.0. The monoisotopic (exact) mass is 494 g/mol. The van der Waals surface area contributed by atoms with Crippen LogP contribution >= 0.6 is 11.3 Å². The molecule has 2 saturated heterocycles. The molecule has 2 aromatic heterocycles. The van der Waals surface area contributed by atoms with E-state index >= 15 is 0 Å². The van der Waals surface area contributed by atoms with Crippen molar-refractivity contribution in [1.29, 1.82) is 0 Å². The van der Waals surface area contributed by atoms with E-state index in [2.05, 4.69) is 10.6 Å².